The van der Waals surface area contributed by atoms with E-state index in [0.29, 0.717) is 30.0 Å². The van der Waals surface area contributed by atoms with Gasteiger partial charge in [-0.25, -0.2) is 4.98 Å². The van der Waals surface area contributed by atoms with E-state index < -0.39 is 23.8 Å². The maximum atomic E-state index is 13.2. The van der Waals surface area contributed by atoms with Gasteiger partial charge in [0.2, 0.25) is 11.8 Å². The van der Waals surface area contributed by atoms with Crippen molar-refractivity contribution in [3.05, 3.63) is 65.6 Å². The van der Waals surface area contributed by atoms with Gasteiger partial charge in [-0.05, 0) is 101 Å². The van der Waals surface area contributed by atoms with E-state index >= 15 is 0 Å². The Morgan fingerprint density at radius 3 is 2.49 bits per heavy atom. The minimum atomic E-state index is -0.963. The number of piperidine rings is 1. The number of likely N-dealkylation sites (N-methyl/N-ethyl adjacent to an activating group) is 1. The smallest absolute Gasteiger partial charge is 0.262 e. The Labute approximate surface area is 307 Å². The maximum absolute atomic E-state index is 13.2. The largest absolute Gasteiger partial charge is 0.385 e. The predicted molar refractivity (Wildman–Crippen MR) is 198 cm³/mol. The molecule has 6 heterocycles. The minimum Gasteiger partial charge on any atom is -0.385 e. The molecule has 2 aromatic heterocycles. The molecular formula is C40H43N9O4. The Morgan fingerprint density at radius 1 is 0.868 bits per heavy atom. The van der Waals surface area contributed by atoms with Crippen LogP contribution in [0.25, 0.3) is 22.3 Å². The standard InChI is InChI=1S/C40H43N9O4/c1-46-19-28-16-27(46)20-47(28)25-7-9-32-33(17-25)42-18-34(43-32)31-21-48(45-37(31)23-4-5-23)26-13-22(14-26)3-2-12-41-24-6-8-29-30(15-24)40(53)49(39(29)52)35-10-11-36(50)44-38(35)51/h6-9,15,17-18,21-23,26-28,35,41H,2-5,10-14,16,19-20H2,1H3,(H,44,50,51)/t22-,26-,27-,28-,35?/m1/s1. The van der Waals surface area contributed by atoms with Gasteiger partial charge in [0.25, 0.3) is 11.8 Å². The van der Waals surface area contributed by atoms with Crippen molar-refractivity contribution in [3.63, 3.8) is 0 Å². The molecule has 4 aromatic rings. The predicted octanol–water partition coefficient (Wildman–Crippen LogP) is 4.51. The van der Waals surface area contributed by atoms with Crippen LogP contribution in [0.4, 0.5) is 11.4 Å². The number of anilines is 2. The lowest BCUT2D eigenvalue weighted by Gasteiger charge is -2.35. The number of nitrogens with one attached hydrogen (secondary N) is 2. The summed E-state index contributed by atoms with van der Waals surface area (Å²) in [6.45, 7) is 2.96. The molecule has 2 bridgehead atoms. The second-order valence-corrected chi connectivity index (χ2v) is 16.0. The number of imide groups is 2. The Balaban J connectivity index is 0.742. The molecule has 0 spiro atoms. The zero-order chi connectivity index (χ0) is 36.0. The Kier molecular flexibility index (Phi) is 7.64. The molecule has 2 saturated carbocycles. The summed E-state index contributed by atoms with van der Waals surface area (Å²) in [6.07, 6.45) is 12.2. The summed E-state index contributed by atoms with van der Waals surface area (Å²) in [5, 5.41) is 10.8. The zero-order valence-corrected chi connectivity index (χ0v) is 29.8. The molecule has 5 fully saturated rings. The van der Waals surface area contributed by atoms with Gasteiger partial charge in [-0.1, -0.05) is 0 Å². The summed E-state index contributed by atoms with van der Waals surface area (Å²) in [5.74, 6) is -0.840. The van der Waals surface area contributed by atoms with Crippen molar-refractivity contribution < 1.29 is 19.2 Å². The summed E-state index contributed by atoms with van der Waals surface area (Å²) in [5.41, 5.74) is 7.64. The number of hydrogen-bond donors (Lipinski definition) is 2. The van der Waals surface area contributed by atoms with Gasteiger partial charge in [0, 0.05) is 67.2 Å². The second kappa shape index (κ2) is 12.5. The Hall–Kier alpha value is -5.17. The second-order valence-electron chi connectivity index (χ2n) is 16.0. The lowest BCUT2D eigenvalue weighted by atomic mass is 9.77. The highest BCUT2D eigenvalue weighted by atomic mass is 16.2. The van der Waals surface area contributed by atoms with Gasteiger partial charge in [-0.15, -0.1) is 0 Å². The summed E-state index contributed by atoms with van der Waals surface area (Å²) in [7, 11) is 2.23. The molecule has 13 heteroatoms. The maximum Gasteiger partial charge on any atom is 0.262 e. The fourth-order valence-electron chi connectivity index (χ4n) is 9.29. The van der Waals surface area contributed by atoms with E-state index in [1.807, 2.05) is 6.20 Å². The van der Waals surface area contributed by atoms with E-state index in [0.717, 1.165) is 83.9 Å². The lowest BCUT2D eigenvalue weighted by molar-refractivity contribution is -0.136. The summed E-state index contributed by atoms with van der Waals surface area (Å²) in [4.78, 5) is 66.1. The highest BCUT2D eigenvalue weighted by Crippen LogP contribution is 2.46. The molecular weight excluding hydrogens is 670 g/mol. The van der Waals surface area contributed by atoms with E-state index in [1.165, 1.54) is 24.9 Å². The first kappa shape index (κ1) is 32.5. The normalized spacial score (nSPS) is 26.8. The third-order valence-electron chi connectivity index (χ3n) is 12.5. The van der Waals surface area contributed by atoms with Crippen molar-refractivity contribution in [3.8, 4) is 11.3 Å². The molecule has 1 unspecified atom stereocenters. The topological polar surface area (TPSA) is 146 Å². The Bertz CT molecular complexity index is 2190. The molecule has 13 nitrogen and oxygen atoms in total. The molecule has 2 aromatic carbocycles. The van der Waals surface area contributed by atoms with Crippen LogP contribution >= 0.6 is 0 Å². The van der Waals surface area contributed by atoms with E-state index in [-0.39, 0.29) is 29.9 Å². The summed E-state index contributed by atoms with van der Waals surface area (Å²) in [6, 6.07) is 12.4. The molecule has 6 aliphatic rings. The number of nitrogens with zero attached hydrogens (tertiary/aromatic N) is 7. The highest BCUT2D eigenvalue weighted by Gasteiger charge is 2.45. The first-order valence-corrected chi connectivity index (χ1v) is 19.2. The fraction of sp³-hybridized carbons (Fsp3) is 0.475. The van der Waals surface area contributed by atoms with Crippen LogP contribution in [0.2, 0.25) is 0 Å². The van der Waals surface area contributed by atoms with Gasteiger partial charge in [0.1, 0.15) is 6.04 Å². The fourth-order valence-corrected chi connectivity index (χ4v) is 9.29. The van der Waals surface area contributed by atoms with Crippen LogP contribution in [-0.4, -0.2) is 98.0 Å². The van der Waals surface area contributed by atoms with Crippen molar-refractivity contribution in [2.45, 2.75) is 87.9 Å². The molecule has 53 heavy (non-hydrogen) atoms. The zero-order valence-electron chi connectivity index (χ0n) is 29.8. The minimum absolute atomic E-state index is 0.0996. The molecule has 272 valence electrons. The van der Waals surface area contributed by atoms with Gasteiger partial charge in [0.15, 0.2) is 0 Å². The number of amides is 4. The first-order valence-electron chi connectivity index (χ1n) is 19.2. The highest BCUT2D eigenvalue weighted by molar-refractivity contribution is 6.23. The van der Waals surface area contributed by atoms with Crippen LogP contribution in [-0.2, 0) is 9.59 Å². The van der Waals surface area contributed by atoms with Crippen LogP contribution in [0.3, 0.4) is 0 Å². The van der Waals surface area contributed by atoms with E-state index in [9.17, 15) is 19.2 Å². The monoisotopic (exact) mass is 713 g/mol. The van der Waals surface area contributed by atoms with Gasteiger partial charge < -0.3 is 10.2 Å². The van der Waals surface area contributed by atoms with Crippen molar-refractivity contribution in [1.29, 1.82) is 0 Å². The van der Waals surface area contributed by atoms with Crippen LogP contribution in [0.1, 0.15) is 96.2 Å². The molecule has 10 rings (SSSR count). The summed E-state index contributed by atoms with van der Waals surface area (Å²) < 4.78 is 2.19. The van der Waals surface area contributed by atoms with E-state index in [1.54, 1.807) is 18.2 Å². The van der Waals surface area contributed by atoms with Gasteiger partial charge in [-0.3, -0.25) is 44.0 Å². The molecule has 3 atom stereocenters. The Morgan fingerprint density at radius 2 is 1.72 bits per heavy atom. The van der Waals surface area contributed by atoms with E-state index in [4.69, 9.17) is 15.1 Å². The van der Waals surface area contributed by atoms with Crippen LogP contribution in [0.15, 0.2) is 48.8 Å². The number of aromatic nitrogens is 4. The van der Waals surface area contributed by atoms with Crippen molar-refractivity contribution in [2.24, 2.45) is 5.92 Å². The average molecular weight is 714 g/mol. The van der Waals surface area contributed by atoms with Crippen molar-refractivity contribution in [2.75, 3.05) is 36.9 Å². The quantitative estimate of drug-likeness (QED) is 0.178. The molecule has 4 aliphatic heterocycles. The number of hydrogen-bond acceptors (Lipinski definition) is 10. The van der Waals surface area contributed by atoms with Gasteiger partial charge in [-0.2, -0.15) is 5.10 Å². The lowest BCUT2D eigenvalue weighted by Crippen LogP contribution is -2.54. The number of carbonyl (C=O) groups excluding carboxylic acids is 4. The average Bonchev–Trinajstić information content (AvgIpc) is 3.47. The van der Waals surface area contributed by atoms with Crippen LogP contribution < -0.4 is 15.5 Å². The third-order valence-corrected chi connectivity index (χ3v) is 12.5. The van der Waals surface area contributed by atoms with Crippen molar-refractivity contribution >= 4 is 46.0 Å². The molecule has 0 radical (unpaired) electrons. The SMILES string of the molecule is CN1C[C@H]2C[C@@H]1CN2c1ccc2nc(-c3cn([C@H]4C[C@H](CCCNc5ccc6c(c5)C(=O)N(C5CCC(=O)NC5=O)C6=O)C4)nc3C3CC3)cnc2c1. The summed E-state index contributed by atoms with van der Waals surface area (Å²) >= 11 is 0. The van der Waals surface area contributed by atoms with Gasteiger partial charge in [0.05, 0.1) is 45.8 Å². The third kappa shape index (κ3) is 5.67. The number of rotatable bonds is 10. The number of likely N-dealkylation sites (tertiary alicyclic amines) is 1. The first-order chi connectivity index (χ1) is 25.8. The van der Waals surface area contributed by atoms with Gasteiger partial charge >= 0.3 is 0 Å². The molecule has 3 saturated heterocycles. The molecule has 4 amide bonds. The number of fused-ring (bicyclic) bond motifs is 4. The van der Waals surface area contributed by atoms with Crippen LogP contribution in [0.5, 0.6) is 0 Å². The molecule has 2 aliphatic carbocycles. The van der Waals surface area contributed by atoms with E-state index in [2.05, 4.69) is 56.6 Å². The number of carbonyl (C=O) groups is 4. The molecule has 2 N–H and O–H groups in total. The number of benzene rings is 2. The van der Waals surface area contributed by atoms with Crippen LogP contribution in [0, 0.1) is 5.92 Å². The number of piperazine rings is 1. The van der Waals surface area contributed by atoms with Crippen molar-refractivity contribution in [1.82, 2.24) is 34.9 Å².